The van der Waals surface area contributed by atoms with E-state index in [1.54, 1.807) is 24.8 Å². The van der Waals surface area contributed by atoms with Crippen LogP contribution in [0.4, 0.5) is 4.39 Å². The third kappa shape index (κ3) is 6.25. The number of aryl methyl sites for hydroxylation is 1. The average molecular weight is 499 g/mol. The zero-order chi connectivity index (χ0) is 24.7. The summed E-state index contributed by atoms with van der Waals surface area (Å²) in [5.74, 6) is -1.40. The molecular formula is C25H35FO5S2. The Morgan fingerprint density at radius 2 is 1.55 bits per heavy atom. The Hall–Kier alpha value is -1.25. The molecule has 184 valence electrons. The van der Waals surface area contributed by atoms with Gasteiger partial charge in [0.2, 0.25) is 0 Å². The molecule has 2 aliphatic carbocycles. The molecule has 0 bridgehead atoms. The number of esters is 2. The van der Waals surface area contributed by atoms with Gasteiger partial charge >= 0.3 is 11.9 Å². The number of carbonyl (C=O) groups excluding carboxylic acids is 2. The predicted molar refractivity (Wildman–Crippen MR) is 129 cm³/mol. The molecule has 2 saturated carbocycles. The van der Waals surface area contributed by atoms with Gasteiger partial charge in [-0.2, -0.15) is 0 Å². The maximum atomic E-state index is 13.7. The summed E-state index contributed by atoms with van der Waals surface area (Å²) < 4.78 is 31.2. The lowest BCUT2D eigenvalue weighted by Crippen LogP contribution is -2.39. The lowest BCUT2D eigenvalue weighted by molar-refractivity contribution is -0.164. The van der Waals surface area contributed by atoms with E-state index in [2.05, 4.69) is 0 Å². The maximum absolute atomic E-state index is 13.7. The summed E-state index contributed by atoms with van der Waals surface area (Å²) in [5.41, 5.74) is -0.645. The number of halogens is 1. The zero-order valence-corrected chi connectivity index (χ0v) is 22.3. The van der Waals surface area contributed by atoms with Crippen molar-refractivity contribution in [2.24, 2.45) is 29.6 Å². The summed E-state index contributed by atoms with van der Waals surface area (Å²) in [6.07, 6.45) is 1.57. The molecule has 2 aliphatic rings. The predicted octanol–water partition coefficient (Wildman–Crippen LogP) is 5.68. The summed E-state index contributed by atoms with van der Waals surface area (Å²) >= 11 is 2.82. The van der Waals surface area contributed by atoms with E-state index < -0.39 is 17.1 Å². The van der Waals surface area contributed by atoms with Crippen LogP contribution in [0.2, 0.25) is 0 Å². The standard InChI is InChI=1S/C25H35FO5S2/c1-13-11-14(9-10-16(13)26)33-12-15-17(22(27)29-24(2,3)4)18-19(21(15)31-32-8)20(18)23(28)30-25(5,6)7/h9-11,15,17-21H,12H2,1-8H3. The Kier molecular flexibility index (Phi) is 7.81. The van der Waals surface area contributed by atoms with Crippen molar-refractivity contribution in [1.82, 2.24) is 0 Å². The Morgan fingerprint density at radius 1 is 0.970 bits per heavy atom. The van der Waals surface area contributed by atoms with Gasteiger partial charge in [0.05, 0.1) is 17.9 Å². The van der Waals surface area contributed by atoms with E-state index in [9.17, 15) is 14.0 Å². The molecule has 8 heteroatoms. The first-order chi connectivity index (χ1) is 15.2. The summed E-state index contributed by atoms with van der Waals surface area (Å²) in [6, 6.07) is 5.02. The van der Waals surface area contributed by atoms with E-state index in [0.29, 0.717) is 11.3 Å². The minimum Gasteiger partial charge on any atom is -0.460 e. The molecule has 33 heavy (non-hydrogen) atoms. The fourth-order valence-corrected chi connectivity index (χ4v) is 6.45. The number of ether oxygens (including phenoxy) is 2. The average Bonchev–Trinajstić information content (AvgIpc) is 3.30. The van der Waals surface area contributed by atoms with Gasteiger partial charge in [-0.15, -0.1) is 11.8 Å². The lowest BCUT2D eigenvalue weighted by atomic mass is 9.88. The SMILES string of the molecule is CSOC1C(CSc2ccc(F)c(C)c2)C(C(=O)OC(C)(C)C)C2C(C(=O)OC(C)(C)C)C12. The zero-order valence-electron chi connectivity index (χ0n) is 20.6. The normalized spacial score (nSPS) is 28.9. The van der Waals surface area contributed by atoms with Crippen molar-refractivity contribution in [3.8, 4) is 0 Å². The number of benzene rings is 1. The van der Waals surface area contributed by atoms with E-state index in [4.69, 9.17) is 13.7 Å². The van der Waals surface area contributed by atoms with Crippen LogP contribution in [-0.2, 0) is 23.2 Å². The van der Waals surface area contributed by atoms with Gasteiger partial charge in [0, 0.05) is 28.7 Å². The van der Waals surface area contributed by atoms with Gasteiger partial charge in [-0.05, 0) is 90.2 Å². The third-order valence-corrected chi connectivity index (χ3v) is 7.50. The molecule has 0 saturated heterocycles. The smallest absolute Gasteiger partial charge is 0.310 e. The summed E-state index contributed by atoms with van der Waals surface area (Å²) in [5, 5.41) is 0. The fourth-order valence-electron chi connectivity index (χ4n) is 4.75. The van der Waals surface area contributed by atoms with Crippen LogP contribution in [-0.4, -0.2) is 41.3 Å². The van der Waals surface area contributed by atoms with Gasteiger partial charge < -0.3 is 13.7 Å². The number of hydrogen-bond donors (Lipinski definition) is 0. The Morgan fingerprint density at radius 3 is 2.06 bits per heavy atom. The fraction of sp³-hybridized carbons (Fsp3) is 0.680. The lowest BCUT2D eigenvalue weighted by Gasteiger charge is -2.31. The highest BCUT2D eigenvalue weighted by molar-refractivity contribution is 7.99. The highest BCUT2D eigenvalue weighted by Gasteiger charge is 2.73. The Bertz CT molecular complexity index is 892. The van der Waals surface area contributed by atoms with Crippen LogP contribution in [0.15, 0.2) is 23.1 Å². The number of fused-ring (bicyclic) bond motifs is 1. The van der Waals surface area contributed by atoms with Crippen molar-refractivity contribution in [2.45, 2.75) is 70.7 Å². The van der Waals surface area contributed by atoms with Crippen LogP contribution in [0.1, 0.15) is 47.1 Å². The molecular weight excluding hydrogens is 463 g/mol. The molecule has 0 spiro atoms. The summed E-state index contributed by atoms with van der Waals surface area (Å²) in [7, 11) is 0. The molecule has 1 aromatic carbocycles. The number of rotatable bonds is 7. The molecule has 5 nitrogen and oxygen atoms in total. The quantitative estimate of drug-likeness (QED) is 0.272. The largest absolute Gasteiger partial charge is 0.460 e. The minimum absolute atomic E-state index is 0.0784. The van der Waals surface area contributed by atoms with Crippen LogP contribution in [0, 0.1) is 42.3 Å². The first kappa shape index (κ1) is 26.4. The first-order valence-electron chi connectivity index (χ1n) is 11.3. The van der Waals surface area contributed by atoms with E-state index in [0.717, 1.165) is 4.90 Å². The van der Waals surface area contributed by atoms with Gasteiger partial charge in [0.25, 0.3) is 0 Å². The third-order valence-electron chi connectivity index (χ3n) is 5.95. The van der Waals surface area contributed by atoms with E-state index in [1.165, 1.54) is 18.1 Å². The summed E-state index contributed by atoms with van der Waals surface area (Å²) in [4.78, 5) is 27.2. The van der Waals surface area contributed by atoms with E-state index >= 15 is 0 Å². The molecule has 3 rings (SSSR count). The van der Waals surface area contributed by atoms with Gasteiger partial charge in [0.15, 0.2) is 0 Å². The molecule has 0 aromatic heterocycles. The second kappa shape index (κ2) is 9.78. The summed E-state index contributed by atoms with van der Waals surface area (Å²) in [6.45, 7) is 12.8. The molecule has 0 amide bonds. The van der Waals surface area contributed by atoms with E-state index in [-0.39, 0.29) is 47.5 Å². The van der Waals surface area contributed by atoms with Crippen LogP contribution < -0.4 is 0 Å². The van der Waals surface area contributed by atoms with Crippen LogP contribution in [0.5, 0.6) is 0 Å². The van der Waals surface area contributed by atoms with Crippen LogP contribution >= 0.6 is 23.8 Å². The second-order valence-corrected chi connectivity index (χ2v) is 12.5. The van der Waals surface area contributed by atoms with E-state index in [1.807, 2.05) is 53.9 Å². The highest BCUT2D eigenvalue weighted by Crippen LogP contribution is 2.65. The molecule has 6 unspecified atom stereocenters. The minimum atomic E-state index is -0.632. The van der Waals surface area contributed by atoms with Gasteiger partial charge in [-0.3, -0.25) is 9.59 Å². The first-order valence-corrected chi connectivity index (χ1v) is 13.4. The molecule has 1 aromatic rings. The van der Waals surface area contributed by atoms with Gasteiger partial charge in [-0.1, -0.05) is 0 Å². The Labute approximate surface area is 205 Å². The molecule has 2 fully saturated rings. The van der Waals surface area contributed by atoms with Gasteiger partial charge in [0.1, 0.15) is 17.0 Å². The molecule has 0 radical (unpaired) electrons. The monoisotopic (exact) mass is 498 g/mol. The van der Waals surface area contributed by atoms with Crippen molar-refractivity contribution in [3.05, 3.63) is 29.6 Å². The molecule has 0 heterocycles. The molecule has 0 aliphatic heterocycles. The van der Waals surface area contributed by atoms with Crippen molar-refractivity contribution in [1.29, 1.82) is 0 Å². The van der Waals surface area contributed by atoms with Crippen molar-refractivity contribution >= 4 is 35.7 Å². The van der Waals surface area contributed by atoms with Gasteiger partial charge in [-0.25, -0.2) is 4.39 Å². The van der Waals surface area contributed by atoms with Crippen molar-refractivity contribution in [3.63, 3.8) is 0 Å². The topological polar surface area (TPSA) is 61.8 Å². The number of carbonyl (C=O) groups is 2. The molecule has 6 atom stereocenters. The second-order valence-electron chi connectivity index (χ2n) is 10.9. The maximum Gasteiger partial charge on any atom is 0.310 e. The Balaban J connectivity index is 1.85. The van der Waals surface area contributed by atoms with Crippen LogP contribution in [0.3, 0.4) is 0 Å². The van der Waals surface area contributed by atoms with Crippen molar-refractivity contribution in [2.75, 3.05) is 12.0 Å². The highest BCUT2D eigenvalue weighted by atomic mass is 32.2. The number of hydrogen-bond acceptors (Lipinski definition) is 7. The number of thioether (sulfide) groups is 1. The van der Waals surface area contributed by atoms with Crippen LogP contribution in [0.25, 0.3) is 0 Å². The molecule has 0 N–H and O–H groups in total. The van der Waals surface area contributed by atoms with Crippen molar-refractivity contribution < 1.29 is 27.6 Å².